The molecule has 1 aliphatic heterocycles. The minimum Gasteiger partial charge on any atom is -0.506 e. The fraction of sp³-hybridized carbons (Fsp3) is 0.500. The van der Waals surface area contributed by atoms with Crippen molar-refractivity contribution in [3.05, 3.63) is 35.9 Å². The first-order valence-electron chi connectivity index (χ1n) is 9.53. The maximum Gasteiger partial charge on any atom is 0.301 e. The first kappa shape index (κ1) is 19.9. The lowest BCUT2D eigenvalue weighted by atomic mass is 9.90. The molecule has 0 aliphatic carbocycles. The van der Waals surface area contributed by atoms with Crippen LogP contribution in [-0.4, -0.2) is 37.3 Å². The van der Waals surface area contributed by atoms with Gasteiger partial charge >= 0.3 is 10.2 Å². The van der Waals surface area contributed by atoms with Crippen molar-refractivity contribution >= 4 is 26.7 Å². The first-order chi connectivity index (χ1) is 12.8. The molecule has 0 spiro atoms. The molecule has 1 heterocycles. The number of phenolic OH excluding ortho intramolecular Hbond substituents is 1. The molecule has 148 valence electrons. The topological polar surface area (TPSA) is 89.9 Å². The molecule has 0 atom stereocenters. The van der Waals surface area contributed by atoms with E-state index >= 15 is 0 Å². The second kappa shape index (κ2) is 7.66. The van der Waals surface area contributed by atoms with Crippen molar-refractivity contribution in [2.45, 2.75) is 51.6 Å². The molecule has 2 aromatic rings. The van der Waals surface area contributed by atoms with Gasteiger partial charge in [-0.3, -0.25) is 4.31 Å². The molecule has 1 aliphatic rings. The molecule has 6 nitrogen and oxygen atoms in total. The molecule has 0 bridgehead atoms. The Bertz CT molecular complexity index is 923. The molecule has 1 saturated heterocycles. The van der Waals surface area contributed by atoms with Gasteiger partial charge in [-0.1, -0.05) is 32.0 Å². The van der Waals surface area contributed by atoms with E-state index in [-0.39, 0.29) is 5.75 Å². The molecule has 0 saturated carbocycles. The summed E-state index contributed by atoms with van der Waals surface area (Å²) < 4.78 is 27.8. The van der Waals surface area contributed by atoms with Gasteiger partial charge in [0, 0.05) is 13.1 Å². The molecule has 0 aromatic heterocycles. The zero-order chi connectivity index (χ0) is 19.7. The molecule has 0 unspecified atom stereocenters. The lowest BCUT2D eigenvalue weighted by molar-refractivity contribution is 0.0218. The number of anilines is 1. The highest BCUT2D eigenvalue weighted by atomic mass is 32.2. The maximum absolute atomic E-state index is 12.1. The third-order valence-electron chi connectivity index (χ3n) is 5.58. The van der Waals surface area contributed by atoms with Crippen LogP contribution in [0.3, 0.4) is 0 Å². The summed E-state index contributed by atoms with van der Waals surface area (Å²) in [7, 11) is -3.58. The monoisotopic (exact) mass is 392 g/mol. The van der Waals surface area contributed by atoms with Crippen LogP contribution in [0, 0.1) is 0 Å². The van der Waals surface area contributed by atoms with Gasteiger partial charge in [-0.2, -0.15) is 13.1 Å². The molecule has 0 radical (unpaired) electrons. The minimum absolute atomic E-state index is 0.0431. The van der Waals surface area contributed by atoms with Gasteiger partial charge in [0.1, 0.15) is 5.75 Å². The Balaban J connectivity index is 1.83. The van der Waals surface area contributed by atoms with Crippen molar-refractivity contribution in [3.63, 3.8) is 0 Å². The van der Waals surface area contributed by atoms with Gasteiger partial charge in [-0.15, -0.1) is 0 Å². The molecular formula is C20H28N2O4S. The summed E-state index contributed by atoms with van der Waals surface area (Å²) in [6.45, 7) is 4.65. The molecular weight excluding hydrogens is 364 g/mol. The van der Waals surface area contributed by atoms with Crippen LogP contribution < -0.4 is 9.03 Å². The Hall–Kier alpha value is -1.83. The van der Waals surface area contributed by atoms with Gasteiger partial charge < -0.3 is 10.2 Å². The van der Waals surface area contributed by atoms with E-state index in [1.54, 1.807) is 12.1 Å². The Labute approximate surface area is 161 Å². The fourth-order valence-corrected chi connectivity index (χ4v) is 4.87. The van der Waals surface area contributed by atoms with Crippen LogP contribution in [0.15, 0.2) is 30.3 Å². The van der Waals surface area contributed by atoms with Gasteiger partial charge in [-0.05, 0) is 60.6 Å². The lowest BCUT2D eigenvalue weighted by Crippen LogP contribution is -2.29. The van der Waals surface area contributed by atoms with E-state index in [0.717, 1.165) is 48.4 Å². The minimum atomic E-state index is -3.58. The first-order valence-corrected chi connectivity index (χ1v) is 11.0. The fourth-order valence-electron chi connectivity index (χ4n) is 3.63. The zero-order valence-electron chi connectivity index (χ0n) is 15.9. The summed E-state index contributed by atoms with van der Waals surface area (Å²) in [5.41, 5.74) is 0.847. The van der Waals surface area contributed by atoms with Gasteiger partial charge in [0.05, 0.1) is 11.3 Å². The summed E-state index contributed by atoms with van der Waals surface area (Å²) in [5, 5.41) is 22.5. The zero-order valence-corrected chi connectivity index (χ0v) is 16.7. The highest BCUT2D eigenvalue weighted by molar-refractivity contribution is 7.91. The van der Waals surface area contributed by atoms with Crippen LogP contribution in [0.4, 0.5) is 5.69 Å². The number of aryl methyl sites for hydroxylation is 1. The normalized spacial score (nSPS) is 16.9. The Kier molecular flexibility index (Phi) is 5.65. The van der Waals surface area contributed by atoms with Crippen molar-refractivity contribution in [2.24, 2.45) is 0 Å². The smallest absolute Gasteiger partial charge is 0.301 e. The molecule has 3 rings (SSSR count). The van der Waals surface area contributed by atoms with Gasteiger partial charge in [0.2, 0.25) is 0 Å². The van der Waals surface area contributed by atoms with E-state index < -0.39 is 15.8 Å². The molecule has 1 fully saturated rings. The van der Waals surface area contributed by atoms with E-state index in [4.69, 9.17) is 0 Å². The molecule has 3 N–H and O–H groups in total. The van der Waals surface area contributed by atoms with Crippen LogP contribution in [0.2, 0.25) is 0 Å². The van der Waals surface area contributed by atoms with Crippen molar-refractivity contribution in [3.8, 4) is 5.75 Å². The molecule has 7 heteroatoms. The van der Waals surface area contributed by atoms with Gasteiger partial charge in [0.15, 0.2) is 0 Å². The second-order valence-corrected chi connectivity index (χ2v) is 8.96. The van der Waals surface area contributed by atoms with Crippen LogP contribution >= 0.6 is 0 Å². The average Bonchev–Trinajstić information content (AvgIpc) is 3.00. The van der Waals surface area contributed by atoms with Crippen LogP contribution in [0.1, 0.15) is 45.1 Å². The number of aromatic hydroxyl groups is 1. The third kappa shape index (κ3) is 4.20. The van der Waals surface area contributed by atoms with E-state index in [0.29, 0.717) is 18.8 Å². The Morgan fingerprint density at radius 2 is 1.89 bits per heavy atom. The summed E-state index contributed by atoms with van der Waals surface area (Å²) in [6.07, 6.45) is 4.00. The number of hydrogen-bond acceptors (Lipinski definition) is 4. The van der Waals surface area contributed by atoms with Crippen LogP contribution in [-0.2, 0) is 16.6 Å². The largest absolute Gasteiger partial charge is 0.506 e. The van der Waals surface area contributed by atoms with Crippen molar-refractivity contribution in [1.29, 1.82) is 0 Å². The number of phenols is 1. The van der Waals surface area contributed by atoms with Gasteiger partial charge in [0.25, 0.3) is 0 Å². The van der Waals surface area contributed by atoms with Crippen molar-refractivity contribution in [2.75, 3.05) is 17.4 Å². The summed E-state index contributed by atoms with van der Waals surface area (Å²) >= 11 is 0. The number of fused-ring (bicyclic) bond motifs is 1. The van der Waals surface area contributed by atoms with Gasteiger partial charge in [-0.25, -0.2) is 0 Å². The van der Waals surface area contributed by atoms with Crippen molar-refractivity contribution < 1.29 is 18.6 Å². The quantitative estimate of drug-likeness (QED) is 0.675. The SMILES string of the molecule is CCC(O)(CC)CCCc1ccc2cc(O)c(N3CCNS3(=O)=O)cc2c1. The summed E-state index contributed by atoms with van der Waals surface area (Å²) in [6, 6.07) is 9.33. The number of benzene rings is 2. The second-order valence-electron chi connectivity index (χ2n) is 7.28. The third-order valence-corrected chi connectivity index (χ3v) is 7.11. The van der Waals surface area contributed by atoms with E-state index in [1.165, 1.54) is 4.31 Å². The van der Waals surface area contributed by atoms with Crippen molar-refractivity contribution in [1.82, 2.24) is 4.72 Å². The van der Waals surface area contributed by atoms with Crippen LogP contribution in [0.5, 0.6) is 5.75 Å². The number of hydrogen-bond donors (Lipinski definition) is 3. The Morgan fingerprint density at radius 3 is 2.52 bits per heavy atom. The van der Waals surface area contributed by atoms with E-state index in [1.807, 2.05) is 32.0 Å². The molecule has 0 amide bonds. The highest BCUT2D eigenvalue weighted by Gasteiger charge is 2.30. The summed E-state index contributed by atoms with van der Waals surface area (Å²) in [4.78, 5) is 0. The molecule has 27 heavy (non-hydrogen) atoms. The van der Waals surface area contributed by atoms with Crippen LogP contribution in [0.25, 0.3) is 10.8 Å². The molecule has 2 aromatic carbocycles. The Morgan fingerprint density at radius 1 is 1.15 bits per heavy atom. The standard InChI is InChI=1S/C20H28N2O4S/c1-3-20(24,4-2)9-5-6-15-7-8-16-14-19(23)18(13-17(16)12-15)22-11-10-21-27(22,25)26/h7-8,12-14,21,23-24H,3-6,9-11H2,1-2H3. The average molecular weight is 393 g/mol. The lowest BCUT2D eigenvalue weighted by Gasteiger charge is -2.25. The van der Waals surface area contributed by atoms with E-state index in [2.05, 4.69) is 4.72 Å². The summed E-state index contributed by atoms with van der Waals surface area (Å²) in [5.74, 6) is -0.0431. The highest BCUT2D eigenvalue weighted by Crippen LogP contribution is 2.35. The number of rotatable bonds is 7. The number of nitrogens with one attached hydrogen (secondary N) is 1. The predicted molar refractivity (Wildman–Crippen MR) is 108 cm³/mol. The van der Waals surface area contributed by atoms with E-state index in [9.17, 15) is 18.6 Å². The number of nitrogens with zero attached hydrogens (tertiary/aromatic N) is 1. The number of aliphatic hydroxyl groups is 1. The predicted octanol–water partition coefficient (Wildman–Crippen LogP) is 3.07. The maximum atomic E-state index is 12.1.